The van der Waals surface area contributed by atoms with Gasteiger partial charge in [0.25, 0.3) is 0 Å². The summed E-state index contributed by atoms with van der Waals surface area (Å²) < 4.78 is 38.0. The van der Waals surface area contributed by atoms with E-state index in [1.807, 2.05) is 0 Å². The molecule has 0 radical (unpaired) electrons. The molecule has 0 aliphatic rings. The van der Waals surface area contributed by atoms with Crippen molar-refractivity contribution in [2.24, 2.45) is 0 Å². The standard InChI is InChI=1S/C14H28O6.2C6H13O4.2Rf/c1-17-9-13(15)11-19-7-5-3-4-6-8-20-12-14(16)10-18-2;2*1-9-4-6(8)5-10-3-2-7;;/h13-16H,1-12H2;2*6-8H,1-5H2;;/q-2;2*-1;;. The zero-order valence-corrected chi connectivity index (χ0v) is 38.0. The van der Waals surface area contributed by atoms with Crippen molar-refractivity contribution in [3.8, 4) is 0 Å². The quantitative estimate of drug-likeness (QED) is 0.0445. The minimum absolute atomic E-state index is 0. The van der Waals surface area contributed by atoms with E-state index in [4.69, 9.17) is 39.4 Å². The van der Waals surface area contributed by atoms with E-state index >= 15 is 0 Å². The van der Waals surface area contributed by atoms with E-state index in [2.05, 4.69) is 47.4 Å². The van der Waals surface area contributed by atoms with E-state index in [0.717, 1.165) is 25.7 Å². The van der Waals surface area contributed by atoms with Crippen molar-refractivity contribution in [2.75, 3.05) is 92.5 Å². The summed E-state index contributed by atoms with van der Waals surface area (Å²) in [7, 11) is 12.6. The van der Waals surface area contributed by atoms with Gasteiger partial charge in [-0.15, -0.1) is 0 Å². The summed E-state index contributed by atoms with van der Waals surface area (Å²) in [5.41, 5.74) is 0. The Bertz CT molecular complexity index is 410. The SMILES string of the molecule is [CH2-]OCC(O)COCCCCCCOCC(O)CO[CH2-].[CH2-]OCC(O)COCCO.[CH2-]OCC(O)COCCO.[Rf].[Rf]. The summed E-state index contributed by atoms with van der Waals surface area (Å²) in [5, 5.41) is 52.9. The molecule has 0 aromatic heterocycles. The third kappa shape index (κ3) is 47.2. The van der Waals surface area contributed by atoms with Crippen molar-refractivity contribution >= 4 is 0 Å². The maximum atomic E-state index is 9.29. The fourth-order valence-corrected chi connectivity index (χ4v) is 2.50. The number of aliphatic hydroxyl groups excluding tert-OH is 6. The Morgan fingerprint density at radius 1 is 0.381 bits per heavy atom. The fraction of sp³-hybridized carbons (Fsp3) is 0.846. The second kappa shape index (κ2) is 42.9. The first-order chi connectivity index (χ1) is 19.3. The number of rotatable bonds is 27. The number of ether oxygens (including phenoxy) is 8. The zero-order valence-electron chi connectivity index (χ0n) is 25.2. The van der Waals surface area contributed by atoms with E-state index in [0.29, 0.717) is 13.2 Å². The summed E-state index contributed by atoms with van der Waals surface area (Å²) in [6.07, 6.45) is 1.51. The molecule has 0 amide bonds. The van der Waals surface area contributed by atoms with Gasteiger partial charge in [0, 0.05) is 39.6 Å². The molecule has 0 aromatic carbocycles. The Balaban J connectivity index is -0.000000176. The molecule has 0 aliphatic heterocycles. The first kappa shape index (κ1) is 49.1. The van der Waals surface area contributed by atoms with Crippen LogP contribution in [-0.4, -0.2) is 148 Å². The number of unbranched alkanes of at least 4 members (excludes halogenated alkanes) is 3. The van der Waals surface area contributed by atoms with Crippen LogP contribution in [0.15, 0.2) is 0 Å². The maximum Gasteiger partial charge on any atom is 0.0976 e. The first-order valence-electron chi connectivity index (χ1n) is 13.1. The molecule has 0 bridgehead atoms. The Kier molecular flexibility index (Phi) is 50.2. The van der Waals surface area contributed by atoms with Gasteiger partial charge in [-0.25, -0.2) is 28.4 Å². The average molecular weight is 1120 g/mol. The summed E-state index contributed by atoms with van der Waals surface area (Å²) in [6, 6.07) is 0. The van der Waals surface area contributed by atoms with Crippen molar-refractivity contribution in [2.45, 2.75) is 50.1 Å². The minimum atomic E-state index is -0.649. The Morgan fingerprint density at radius 2 is 0.619 bits per heavy atom. The van der Waals surface area contributed by atoms with Gasteiger partial charge < -0.3 is 68.5 Å². The largest absolute Gasteiger partial charge is 0.553 e. The van der Waals surface area contributed by atoms with Crippen molar-refractivity contribution in [1.29, 1.82) is 0 Å². The summed E-state index contributed by atoms with van der Waals surface area (Å²) in [6.45, 7) is 3.32. The topological polar surface area (TPSA) is 195 Å². The molecule has 4 unspecified atom stereocenters. The summed E-state index contributed by atoms with van der Waals surface area (Å²) >= 11 is 0. The van der Waals surface area contributed by atoms with Crippen LogP contribution in [0.1, 0.15) is 25.7 Å². The second-order valence-electron chi connectivity index (χ2n) is 8.26. The molecule has 0 saturated carbocycles. The average Bonchev–Trinajstić information content (AvgIpc) is 2.91. The van der Waals surface area contributed by atoms with Crippen molar-refractivity contribution in [3.05, 3.63) is 28.4 Å². The van der Waals surface area contributed by atoms with Gasteiger partial charge in [0.1, 0.15) is 0 Å². The summed E-state index contributed by atoms with van der Waals surface area (Å²) in [5.74, 6) is 0. The molecule has 42 heavy (non-hydrogen) atoms. The van der Waals surface area contributed by atoms with Crippen molar-refractivity contribution in [3.63, 3.8) is 0 Å². The van der Waals surface area contributed by atoms with Crippen LogP contribution in [0, 0.1) is 28.4 Å². The van der Waals surface area contributed by atoms with E-state index in [1.54, 1.807) is 0 Å². The monoisotopic (exact) mass is 1120 g/mol. The summed E-state index contributed by atoms with van der Waals surface area (Å²) in [4.78, 5) is 0. The molecule has 0 aromatic rings. The van der Waals surface area contributed by atoms with Gasteiger partial charge in [-0.1, -0.05) is 12.8 Å². The maximum absolute atomic E-state index is 9.29. The molecule has 0 fully saturated rings. The van der Waals surface area contributed by atoms with Crippen molar-refractivity contribution < 1.29 is 68.5 Å². The molecule has 4 atom stereocenters. The Morgan fingerprint density at radius 3 is 0.833 bits per heavy atom. The van der Waals surface area contributed by atoms with Crippen LogP contribution in [-0.2, 0) is 37.9 Å². The molecular weight excluding hydrogens is 1070 g/mol. The van der Waals surface area contributed by atoms with Crippen LogP contribution in [0.25, 0.3) is 0 Å². The molecule has 0 aliphatic carbocycles. The van der Waals surface area contributed by atoms with Crippen LogP contribution in [0.4, 0.5) is 0 Å². The molecule has 16 heteroatoms. The predicted molar refractivity (Wildman–Crippen MR) is 145 cm³/mol. The smallest absolute Gasteiger partial charge is 0.0976 e. The third-order valence-electron chi connectivity index (χ3n) is 4.28. The van der Waals surface area contributed by atoms with E-state index in [1.165, 1.54) is 0 Å². The predicted octanol–water partition coefficient (Wildman–Crippen LogP) is -0.753. The van der Waals surface area contributed by atoms with Crippen LogP contribution in [0.2, 0.25) is 0 Å². The Labute approximate surface area is 240 Å². The van der Waals surface area contributed by atoms with Gasteiger partial charge in [-0.3, -0.25) is 0 Å². The molecule has 0 heterocycles. The molecule has 0 rings (SSSR count). The normalized spacial score (nSPS) is 13.3. The second-order valence-corrected chi connectivity index (χ2v) is 8.26. The van der Waals surface area contributed by atoms with Crippen LogP contribution < -0.4 is 0 Å². The molecule has 0 spiro atoms. The molecule has 250 valence electrons. The molecular formula is C26H54O14Rf2-4. The van der Waals surface area contributed by atoms with Crippen LogP contribution >= 0.6 is 0 Å². The molecule has 0 saturated heterocycles. The van der Waals surface area contributed by atoms with Crippen molar-refractivity contribution in [1.82, 2.24) is 0 Å². The molecule has 6 N–H and O–H groups in total. The minimum Gasteiger partial charge on any atom is -0.553 e. The van der Waals surface area contributed by atoms with Gasteiger partial charge in [0.15, 0.2) is 0 Å². The van der Waals surface area contributed by atoms with Gasteiger partial charge in [-0.2, -0.15) is 0 Å². The van der Waals surface area contributed by atoms with E-state index in [9.17, 15) is 10.2 Å². The third-order valence-corrected chi connectivity index (χ3v) is 4.28. The zero-order chi connectivity index (χ0) is 30.7. The fourth-order valence-electron chi connectivity index (χ4n) is 2.50. The number of aliphatic hydroxyl groups is 6. The van der Waals surface area contributed by atoms with Gasteiger partial charge in [0.05, 0.1) is 77.3 Å². The Hall–Kier alpha value is -2.56. The van der Waals surface area contributed by atoms with Crippen LogP contribution in [0.3, 0.4) is 0 Å². The van der Waals surface area contributed by atoms with Gasteiger partial charge >= 0.3 is 0 Å². The number of hydrogen-bond donors (Lipinski definition) is 6. The van der Waals surface area contributed by atoms with Gasteiger partial charge in [0.2, 0.25) is 0 Å². The van der Waals surface area contributed by atoms with Gasteiger partial charge in [-0.05, 0) is 12.8 Å². The van der Waals surface area contributed by atoms with E-state index < -0.39 is 24.4 Å². The number of hydrogen-bond acceptors (Lipinski definition) is 14. The van der Waals surface area contributed by atoms with E-state index in [-0.39, 0.29) is 79.3 Å². The molecule has 14 nitrogen and oxygen atoms in total. The first-order valence-corrected chi connectivity index (χ1v) is 13.1. The van der Waals surface area contributed by atoms with Crippen LogP contribution in [0.5, 0.6) is 0 Å².